The van der Waals surface area contributed by atoms with E-state index in [0.717, 1.165) is 25.7 Å². The Morgan fingerprint density at radius 2 is 1.61 bits per heavy atom. The fourth-order valence-corrected chi connectivity index (χ4v) is 5.65. The van der Waals surface area contributed by atoms with Gasteiger partial charge >= 0.3 is 5.97 Å². The maximum atomic E-state index is 12.8. The number of carbonyl (C=O) groups is 2. The van der Waals surface area contributed by atoms with Crippen LogP contribution in [0.5, 0.6) is 5.75 Å². The maximum absolute atomic E-state index is 12.8. The molecule has 2 fully saturated rings. The molecule has 0 bridgehead atoms. The fourth-order valence-electron chi connectivity index (χ4n) is 4.18. The molecular formula is C22H32N2O6S. The van der Waals surface area contributed by atoms with Gasteiger partial charge in [-0.15, -0.1) is 0 Å². The van der Waals surface area contributed by atoms with Crippen molar-refractivity contribution in [3.63, 3.8) is 0 Å². The van der Waals surface area contributed by atoms with Crippen LogP contribution in [0.25, 0.3) is 0 Å². The number of sulfonamides is 1. The van der Waals surface area contributed by atoms with Crippen LogP contribution in [0.15, 0.2) is 29.2 Å². The van der Waals surface area contributed by atoms with Crippen LogP contribution >= 0.6 is 0 Å². The second-order valence-corrected chi connectivity index (χ2v) is 10.2. The standard InChI is InChI=1S/C22H32N2O6S/c1-29-19-8-10-20(11-9-19)31(27,28)24-14-12-17(13-15-24)22(26)30-16-21(25)23-18-6-4-2-3-5-7-18/h8-11,17-18H,2-7,12-16H2,1H3,(H,23,25). The average Bonchev–Trinajstić information content (AvgIpc) is 3.06. The lowest BCUT2D eigenvalue weighted by molar-refractivity contribution is -0.153. The normalized spacial score (nSPS) is 19.4. The summed E-state index contributed by atoms with van der Waals surface area (Å²) in [5.41, 5.74) is 0. The number of ether oxygens (including phenoxy) is 2. The molecule has 1 saturated carbocycles. The molecule has 1 N–H and O–H groups in total. The van der Waals surface area contributed by atoms with Gasteiger partial charge in [0.15, 0.2) is 6.61 Å². The molecule has 1 amide bonds. The zero-order valence-corrected chi connectivity index (χ0v) is 18.9. The van der Waals surface area contributed by atoms with E-state index in [2.05, 4.69) is 5.32 Å². The lowest BCUT2D eigenvalue weighted by Crippen LogP contribution is -2.41. The van der Waals surface area contributed by atoms with Crippen molar-refractivity contribution < 1.29 is 27.5 Å². The molecule has 1 heterocycles. The summed E-state index contributed by atoms with van der Waals surface area (Å²) in [4.78, 5) is 24.7. The first kappa shape index (κ1) is 23.5. The zero-order chi connectivity index (χ0) is 22.3. The van der Waals surface area contributed by atoms with Crippen LogP contribution in [0.1, 0.15) is 51.4 Å². The van der Waals surface area contributed by atoms with Gasteiger partial charge in [-0.3, -0.25) is 9.59 Å². The van der Waals surface area contributed by atoms with Crippen LogP contribution in [0.2, 0.25) is 0 Å². The Bertz CT molecular complexity index is 839. The Kier molecular flexibility index (Phi) is 8.31. The summed E-state index contributed by atoms with van der Waals surface area (Å²) >= 11 is 0. The molecule has 0 spiro atoms. The Hall–Kier alpha value is -2.13. The fraction of sp³-hybridized carbons (Fsp3) is 0.636. The van der Waals surface area contributed by atoms with E-state index in [1.54, 1.807) is 12.1 Å². The quantitative estimate of drug-likeness (QED) is 0.504. The molecule has 9 heteroatoms. The van der Waals surface area contributed by atoms with Crippen molar-refractivity contribution in [2.45, 2.75) is 62.3 Å². The van der Waals surface area contributed by atoms with E-state index in [9.17, 15) is 18.0 Å². The van der Waals surface area contributed by atoms with Crippen LogP contribution in [-0.2, 0) is 24.3 Å². The van der Waals surface area contributed by atoms with Gasteiger partial charge in [0, 0.05) is 19.1 Å². The predicted octanol–water partition coefficient (Wildman–Crippen LogP) is 2.48. The van der Waals surface area contributed by atoms with E-state index < -0.39 is 21.9 Å². The lowest BCUT2D eigenvalue weighted by Gasteiger charge is -2.30. The molecule has 3 rings (SSSR count). The SMILES string of the molecule is COc1ccc(S(=O)(=O)N2CCC(C(=O)OCC(=O)NC3CCCCCC3)CC2)cc1. The Labute approximate surface area is 184 Å². The van der Waals surface area contributed by atoms with Crippen molar-refractivity contribution in [2.24, 2.45) is 5.92 Å². The minimum Gasteiger partial charge on any atom is -0.497 e. The number of hydrogen-bond acceptors (Lipinski definition) is 6. The molecule has 1 aliphatic carbocycles. The minimum atomic E-state index is -3.62. The molecule has 8 nitrogen and oxygen atoms in total. The van der Waals surface area contributed by atoms with Crippen molar-refractivity contribution in [1.29, 1.82) is 0 Å². The molecular weight excluding hydrogens is 420 g/mol. The molecule has 1 aliphatic heterocycles. The van der Waals surface area contributed by atoms with Gasteiger partial charge in [-0.2, -0.15) is 4.31 Å². The van der Waals surface area contributed by atoms with Gasteiger partial charge in [-0.25, -0.2) is 8.42 Å². The highest BCUT2D eigenvalue weighted by Crippen LogP contribution is 2.26. The van der Waals surface area contributed by atoms with Gasteiger partial charge in [-0.05, 0) is 49.9 Å². The smallest absolute Gasteiger partial charge is 0.309 e. The van der Waals surface area contributed by atoms with Crippen LogP contribution in [0.4, 0.5) is 0 Å². The summed E-state index contributed by atoms with van der Waals surface area (Å²) in [5, 5.41) is 2.96. The van der Waals surface area contributed by atoms with E-state index in [1.807, 2.05) is 0 Å². The topological polar surface area (TPSA) is 102 Å². The largest absolute Gasteiger partial charge is 0.497 e. The van der Waals surface area contributed by atoms with Crippen LogP contribution < -0.4 is 10.1 Å². The Balaban J connectivity index is 1.44. The van der Waals surface area contributed by atoms with Gasteiger partial charge < -0.3 is 14.8 Å². The molecule has 0 radical (unpaired) electrons. The first-order valence-electron chi connectivity index (χ1n) is 11.0. The average molecular weight is 453 g/mol. The molecule has 0 unspecified atom stereocenters. The third kappa shape index (κ3) is 6.43. The van der Waals surface area contributed by atoms with Crippen LogP contribution in [0, 0.1) is 5.92 Å². The van der Waals surface area contributed by atoms with Crippen LogP contribution in [-0.4, -0.2) is 57.4 Å². The van der Waals surface area contributed by atoms with Crippen molar-refractivity contribution in [3.05, 3.63) is 24.3 Å². The highest BCUT2D eigenvalue weighted by molar-refractivity contribution is 7.89. The number of piperidine rings is 1. The van der Waals surface area contributed by atoms with Gasteiger partial charge in [0.05, 0.1) is 17.9 Å². The van der Waals surface area contributed by atoms with E-state index in [4.69, 9.17) is 9.47 Å². The molecule has 0 aromatic heterocycles. The molecule has 1 aromatic rings. The summed E-state index contributed by atoms with van der Waals surface area (Å²) in [6.45, 7) is 0.199. The van der Waals surface area contributed by atoms with Crippen molar-refractivity contribution >= 4 is 21.9 Å². The number of methoxy groups -OCH3 is 1. The van der Waals surface area contributed by atoms with Crippen molar-refractivity contribution in [1.82, 2.24) is 9.62 Å². The summed E-state index contributed by atoms with van der Waals surface area (Å²) in [5.74, 6) is -0.506. The Morgan fingerprint density at radius 1 is 1.00 bits per heavy atom. The first-order chi connectivity index (χ1) is 14.9. The van der Waals surface area contributed by atoms with Gasteiger partial charge in [0.2, 0.25) is 10.0 Å². The van der Waals surface area contributed by atoms with Gasteiger partial charge in [0.25, 0.3) is 5.91 Å². The summed E-state index contributed by atoms with van der Waals surface area (Å²) in [6.07, 6.45) is 7.33. The van der Waals surface area contributed by atoms with E-state index >= 15 is 0 Å². The molecule has 2 aliphatic rings. The third-order valence-corrected chi connectivity index (χ3v) is 7.96. The number of hydrogen-bond donors (Lipinski definition) is 1. The van der Waals surface area contributed by atoms with Crippen LogP contribution in [0.3, 0.4) is 0 Å². The number of nitrogens with one attached hydrogen (secondary N) is 1. The number of amides is 1. The molecule has 172 valence electrons. The molecule has 0 atom stereocenters. The summed E-state index contributed by atoms with van der Waals surface area (Å²) in [7, 11) is -2.10. The number of nitrogens with zero attached hydrogens (tertiary/aromatic N) is 1. The van der Waals surface area contributed by atoms with Gasteiger partial charge in [0.1, 0.15) is 5.75 Å². The summed E-state index contributed by atoms with van der Waals surface area (Å²) in [6, 6.07) is 6.41. The number of benzene rings is 1. The zero-order valence-electron chi connectivity index (χ0n) is 18.0. The number of carbonyl (C=O) groups excluding carboxylic acids is 2. The van der Waals surface area contributed by atoms with E-state index in [0.29, 0.717) is 18.6 Å². The van der Waals surface area contributed by atoms with Gasteiger partial charge in [-0.1, -0.05) is 25.7 Å². The highest BCUT2D eigenvalue weighted by atomic mass is 32.2. The van der Waals surface area contributed by atoms with E-state index in [1.165, 1.54) is 36.4 Å². The van der Waals surface area contributed by atoms with Crippen molar-refractivity contribution in [2.75, 3.05) is 26.8 Å². The second kappa shape index (κ2) is 10.9. The third-order valence-electron chi connectivity index (χ3n) is 6.05. The molecule has 31 heavy (non-hydrogen) atoms. The second-order valence-electron chi connectivity index (χ2n) is 8.22. The van der Waals surface area contributed by atoms with Crippen molar-refractivity contribution in [3.8, 4) is 5.75 Å². The predicted molar refractivity (Wildman–Crippen MR) is 115 cm³/mol. The Morgan fingerprint density at radius 3 is 2.19 bits per heavy atom. The molecule has 1 saturated heterocycles. The monoisotopic (exact) mass is 452 g/mol. The minimum absolute atomic E-state index is 0.167. The summed E-state index contributed by atoms with van der Waals surface area (Å²) < 4.78 is 37.3. The lowest BCUT2D eigenvalue weighted by atomic mass is 9.98. The van der Waals surface area contributed by atoms with E-state index in [-0.39, 0.29) is 36.5 Å². The number of esters is 1. The molecule has 1 aromatic carbocycles. The number of rotatable bonds is 7. The first-order valence-corrected chi connectivity index (χ1v) is 12.4. The highest BCUT2D eigenvalue weighted by Gasteiger charge is 2.33. The maximum Gasteiger partial charge on any atom is 0.309 e.